The summed E-state index contributed by atoms with van der Waals surface area (Å²) in [6, 6.07) is 6.40. The minimum absolute atomic E-state index is 0.0179. The molecule has 1 amide bonds. The third kappa shape index (κ3) is 2.97. The highest BCUT2D eigenvalue weighted by Gasteiger charge is 2.13. The smallest absolute Gasteiger partial charge is 0.277 e. The summed E-state index contributed by atoms with van der Waals surface area (Å²) in [6.07, 6.45) is 0. The predicted octanol–water partition coefficient (Wildman–Crippen LogP) is 2.09. The van der Waals surface area contributed by atoms with Crippen LogP contribution in [0.4, 0.5) is 5.69 Å². The second-order valence-corrected chi connectivity index (χ2v) is 4.81. The van der Waals surface area contributed by atoms with Gasteiger partial charge in [-0.3, -0.25) is 4.79 Å². The molecule has 0 unspecified atom stereocenters. The molecule has 0 aliphatic heterocycles. The van der Waals surface area contributed by atoms with E-state index in [1.165, 1.54) is 6.07 Å². The van der Waals surface area contributed by atoms with Crippen molar-refractivity contribution in [1.29, 1.82) is 0 Å². The molecule has 8 heteroatoms. The quantitative estimate of drug-likeness (QED) is 0.343. The number of benzene rings is 1. The minimum Gasteiger partial charge on any atom is -0.409 e. The Balaban J connectivity index is 2.20. The average Bonchev–Trinajstić information content (AvgIpc) is 2.86. The van der Waals surface area contributed by atoms with Crippen LogP contribution in [-0.4, -0.2) is 22.1 Å². The van der Waals surface area contributed by atoms with Gasteiger partial charge in [-0.05, 0) is 41.1 Å². The van der Waals surface area contributed by atoms with Gasteiger partial charge in [0.25, 0.3) is 5.91 Å². The number of anilines is 1. The maximum Gasteiger partial charge on any atom is 0.277 e. The van der Waals surface area contributed by atoms with Crippen molar-refractivity contribution >= 4 is 33.4 Å². The molecule has 2 rings (SSSR count). The Kier molecular flexibility index (Phi) is 4.04. The fraction of sp³-hybridized carbons (Fsp3) is 0.0833. The third-order valence-electron chi connectivity index (χ3n) is 2.48. The van der Waals surface area contributed by atoms with E-state index >= 15 is 0 Å². The van der Waals surface area contributed by atoms with Crippen molar-refractivity contribution < 1.29 is 14.5 Å². The largest absolute Gasteiger partial charge is 0.409 e. The number of aromatic nitrogens is 1. The fourth-order valence-electron chi connectivity index (χ4n) is 1.49. The number of amidine groups is 1. The van der Waals surface area contributed by atoms with Crippen molar-refractivity contribution in [3.05, 3.63) is 45.8 Å². The van der Waals surface area contributed by atoms with E-state index < -0.39 is 0 Å². The first-order chi connectivity index (χ1) is 9.51. The summed E-state index contributed by atoms with van der Waals surface area (Å²) in [5.74, 6) is 0.145. The molecule has 1 aromatic heterocycles. The monoisotopic (exact) mass is 338 g/mol. The average molecular weight is 339 g/mol. The second-order valence-electron chi connectivity index (χ2n) is 3.96. The van der Waals surface area contributed by atoms with Crippen LogP contribution < -0.4 is 11.1 Å². The molecular formula is C12H11BrN4O3. The molecule has 4 N–H and O–H groups in total. The Morgan fingerprint density at radius 1 is 1.50 bits per heavy atom. The summed E-state index contributed by atoms with van der Waals surface area (Å²) in [6.45, 7) is 1.70. The van der Waals surface area contributed by atoms with E-state index in [1.807, 2.05) is 0 Å². The Labute approximate surface area is 122 Å². The van der Waals surface area contributed by atoms with E-state index in [-0.39, 0.29) is 17.4 Å². The van der Waals surface area contributed by atoms with Crippen LogP contribution >= 0.6 is 15.9 Å². The highest BCUT2D eigenvalue weighted by molar-refractivity contribution is 9.10. The third-order valence-corrected chi connectivity index (χ3v) is 3.14. The van der Waals surface area contributed by atoms with Crippen LogP contribution in [0.5, 0.6) is 0 Å². The van der Waals surface area contributed by atoms with Crippen molar-refractivity contribution in [2.24, 2.45) is 10.9 Å². The maximum atomic E-state index is 11.9. The number of hydrogen-bond donors (Lipinski definition) is 3. The molecule has 0 saturated carbocycles. The molecule has 1 aromatic carbocycles. The lowest BCUT2D eigenvalue weighted by molar-refractivity contribution is 0.101. The minimum atomic E-state index is -0.390. The first-order valence-corrected chi connectivity index (χ1v) is 6.32. The second kappa shape index (κ2) is 5.74. The number of oxime groups is 1. The lowest BCUT2D eigenvalue weighted by Gasteiger charge is -2.07. The number of carbonyl (C=O) groups is 1. The number of halogens is 1. The van der Waals surface area contributed by atoms with E-state index in [4.69, 9.17) is 15.5 Å². The van der Waals surface area contributed by atoms with Crippen molar-refractivity contribution in [2.45, 2.75) is 6.92 Å². The maximum absolute atomic E-state index is 11.9. The molecule has 1 heterocycles. The number of rotatable bonds is 3. The SMILES string of the molecule is Cc1cc(C(=O)Nc2ccc(/C(N)=N/O)cc2Br)no1. The van der Waals surface area contributed by atoms with Crippen molar-refractivity contribution in [3.63, 3.8) is 0 Å². The Bertz CT molecular complexity index is 681. The van der Waals surface area contributed by atoms with Crippen molar-refractivity contribution in [1.82, 2.24) is 5.16 Å². The van der Waals surface area contributed by atoms with E-state index in [1.54, 1.807) is 25.1 Å². The number of hydrogen-bond acceptors (Lipinski definition) is 5. The van der Waals surface area contributed by atoms with Gasteiger partial charge in [0.2, 0.25) is 0 Å². The summed E-state index contributed by atoms with van der Waals surface area (Å²) >= 11 is 3.30. The van der Waals surface area contributed by atoms with Gasteiger partial charge in [0.1, 0.15) is 5.76 Å². The number of amides is 1. The Morgan fingerprint density at radius 2 is 2.25 bits per heavy atom. The van der Waals surface area contributed by atoms with E-state index in [9.17, 15) is 4.79 Å². The molecular weight excluding hydrogens is 328 g/mol. The normalized spacial score (nSPS) is 11.4. The van der Waals surface area contributed by atoms with Gasteiger partial charge in [-0.25, -0.2) is 0 Å². The number of aryl methyl sites for hydroxylation is 1. The zero-order chi connectivity index (χ0) is 14.7. The van der Waals surface area contributed by atoms with Crippen LogP contribution in [-0.2, 0) is 0 Å². The first-order valence-electron chi connectivity index (χ1n) is 5.53. The van der Waals surface area contributed by atoms with Gasteiger partial charge in [0.05, 0.1) is 5.69 Å². The van der Waals surface area contributed by atoms with E-state index in [2.05, 4.69) is 31.6 Å². The summed E-state index contributed by atoms with van der Waals surface area (Å²) in [4.78, 5) is 11.9. The zero-order valence-electron chi connectivity index (χ0n) is 10.4. The van der Waals surface area contributed by atoms with Crippen LogP contribution in [0.1, 0.15) is 21.8 Å². The first kappa shape index (κ1) is 14.1. The Hall–Kier alpha value is -2.35. The number of carbonyl (C=O) groups excluding carboxylic acids is 1. The van der Waals surface area contributed by atoms with E-state index in [0.717, 1.165) is 0 Å². The highest BCUT2D eigenvalue weighted by atomic mass is 79.9. The predicted molar refractivity (Wildman–Crippen MR) is 75.8 cm³/mol. The fourth-order valence-corrected chi connectivity index (χ4v) is 1.97. The molecule has 0 atom stereocenters. The van der Waals surface area contributed by atoms with Crippen molar-refractivity contribution in [2.75, 3.05) is 5.32 Å². The molecule has 0 radical (unpaired) electrons. The van der Waals surface area contributed by atoms with Gasteiger partial charge in [-0.1, -0.05) is 10.3 Å². The number of nitrogens with one attached hydrogen (secondary N) is 1. The molecule has 20 heavy (non-hydrogen) atoms. The van der Waals surface area contributed by atoms with Gasteiger partial charge >= 0.3 is 0 Å². The van der Waals surface area contributed by atoms with Gasteiger partial charge in [0.15, 0.2) is 11.5 Å². The number of nitrogens with two attached hydrogens (primary N) is 1. The summed E-state index contributed by atoms with van der Waals surface area (Å²) in [5, 5.41) is 17.8. The van der Waals surface area contributed by atoms with Gasteiger partial charge in [0, 0.05) is 16.1 Å². The molecule has 0 aliphatic carbocycles. The molecule has 0 fully saturated rings. The molecule has 0 saturated heterocycles. The van der Waals surface area contributed by atoms with Crippen LogP contribution in [0.25, 0.3) is 0 Å². The molecule has 2 aromatic rings. The van der Waals surface area contributed by atoms with E-state index in [0.29, 0.717) is 21.5 Å². The van der Waals surface area contributed by atoms with Crippen LogP contribution in [0, 0.1) is 6.92 Å². The molecule has 0 aliphatic rings. The van der Waals surface area contributed by atoms with Gasteiger partial charge < -0.3 is 20.8 Å². The summed E-state index contributed by atoms with van der Waals surface area (Å²) in [5.41, 5.74) is 6.72. The van der Waals surface area contributed by atoms with Crippen LogP contribution in [0.15, 0.2) is 38.4 Å². The van der Waals surface area contributed by atoms with Crippen LogP contribution in [0.3, 0.4) is 0 Å². The Morgan fingerprint density at radius 3 is 2.80 bits per heavy atom. The van der Waals surface area contributed by atoms with Crippen LogP contribution in [0.2, 0.25) is 0 Å². The molecule has 104 valence electrons. The molecule has 7 nitrogen and oxygen atoms in total. The molecule has 0 spiro atoms. The van der Waals surface area contributed by atoms with Gasteiger partial charge in [-0.15, -0.1) is 0 Å². The standard InChI is InChI=1S/C12H11BrN4O3/c1-6-4-10(17-20-6)12(18)15-9-3-2-7(5-8(9)13)11(14)16-19/h2-5,19H,1H3,(H2,14,16)(H,15,18). The topological polar surface area (TPSA) is 114 Å². The number of nitrogens with zero attached hydrogens (tertiary/aromatic N) is 2. The van der Waals surface area contributed by atoms with Crippen molar-refractivity contribution in [3.8, 4) is 0 Å². The molecule has 0 bridgehead atoms. The lowest BCUT2D eigenvalue weighted by Crippen LogP contribution is -2.15. The highest BCUT2D eigenvalue weighted by Crippen LogP contribution is 2.24. The lowest BCUT2D eigenvalue weighted by atomic mass is 10.2. The zero-order valence-corrected chi connectivity index (χ0v) is 12.0. The van der Waals surface area contributed by atoms with Gasteiger partial charge in [-0.2, -0.15) is 0 Å². The summed E-state index contributed by atoms with van der Waals surface area (Å²) < 4.78 is 5.43. The summed E-state index contributed by atoms with van der Waals surface area (Å²) in [7, 11) is 0.